The molecular weight excluding hydrogens is 396 g/mol. The molecule has 1 aromatic carbocycles. The van der Waals surface area contributed by atoms with Crippen LogP contribution in [-0.4, -0.2) is 14.5 Å². The highest BCUT2D eigenvalue weighted by Gasteiger charge is 2.40. The molecule has 0 saturated heterocycles. The second-order valence-corrected chi connectivity index (χ2v) is 8.24. The van der Waals surface area contributed by atoms with Crippen LogP contribution in [0.25, 0.3) is 0 Å². The van der Waals surface area contributed by atoms with E-state index in [1.807, 2.05) is 0 Å². The van der Waals surface area contributed by atoms with Crippen molar-refractivity contribution in [2.24, 2.45) is 5.92 Å². The summed E-state index contributed by atoms with van der Waals surface area (Å²) in [7, 11) is -3.57. The van der Waals surface area contributed by atoms with Gasteiger partial charge < -0.3 is 5.73 Å². The lowest BCUT2D eigenvalue weighted by Crippen LogP contribution is -2.28. The van der Waals surface area contributed by atoms with Gasteiger partial charge in [-0.25, -0.2) is 13.1 Å². The van der Waals surface area contributed by atoms with Crippen LogP contribution in [0, 0.1) is 5.92 Å². The molecule has 1 aliphatic carbocycles. The molecule has 0 radical (unpaired) electrons. The molecule has 2 atom stereocenters. The van der Waals surface area contributed by atoms with Gasteiger partial charge in [0, 0.05) is 15.0 Å². The fourth-order valence-electron chi connectivity index (χ4n) is 2.20. The largest absolute Gasteiger partial charge is 0.398 e. The Morgan fingerprint density at radius 1 is 1.42 bits per heavy atom. The minimum atomic E-state index is -3.57. The van der Waals surface area contributed by atoms with E-state index in [1.165, 1.54) is 0 Å². The molecule has 1 aliphatic rings. The van der Waals surface area contributed by atoms with Gasteiger partial charge in [-0.3, -0.25) is 0 Å². The minimum Gasteiger partial charge on any atom is -0.398 e. The second-order valence-electron chi connectivity index (χ2n) is 4.82. The Kier molecular flexibility index (Phi) is 4.59. The van der Waals surface area contributed by atoms with Crippen LogP contribution < -0.4 is 10.5 Å². The fraction of sp³-hybridized carbons (Fsp3) is 0.500. The average molecular weight is 412 g/mol. The summed E-state index contributed by atoms with van der Waals surface area (Å²) in [5, 5.41) is 0. The first-order valence-electron chi connectivity index (χ1n) is 6.12. The molecule has 0 bridgehead atoms. The first-order chi connectivity index (χ1) is 8.85. The van der Waals surface area contributed by atoms with Gasteiger partial charge in [-0.2, -0.15) is 0 Å². The maximum absolute atomic E-state index is 12.3. The molecule has 1 saturated carbocycles. The number of nitrogen functional groups attached to an aromatic ring is 1. The number of sulfonamides is 1. The zero-order valence-corrected chi connectivity index (χ0v) is 14.5. The van der Waals surface area contributed by atoms with Crippen molar-refractivity contribution >= 4 is 47.6 Å². The van der Waals surface area contributed by atoms with Gasteiger partial charge in [0.25, 0.3) is 0 Å². The van der Waals surface area contributed by atoms with Gasteiger partial charge in [0.1, 0.15) is 4.90 Å². The van der Waals surface area contributed by atoms with E-state index in [2.05, 4.69) is 43.5 Å². The van der Waals surface area contributed by atoms with Crippen LogP contribution in [0.15, 0.2) is 26.0 Å². The first-order valence-corrected chi connectivity index (χ1v) is 9.19. The van der Waals surface area contributed by atoms with Gasteiger partial charge in [0.05, 0.1) is 5.69 Å². The van der Waals surface area contributed by atoms with E-state index in [0.29, 0.717) is 10.4 Å². The number of nitrogens with one attached hydrogen (secondary N) is 1. The van der Waals surface area contributed by atoms with Crippen molar-refractivity contribution in [3.63, 3.8) is 0 Å². The molecule has 0 aromatic heterocycles. The van der Waals surface area contributed by atoms with Gasteiger partial charge in [-0.05, 0) is 46.8 Å². The van der Waals surface area contributed by atoms with Crippen LogP contribution in [-0.2, 0) is 10.0 Å². The zero-order chi connectivity index (χ0) is 14.2. The highest BCUT2D eigenvalue weighted by Crippen LogP contribution is 2.37. The number of hydrogen-bond donors (Lipinski definition) is 2. The average Bonchev–Trinajstić information content (AvgIpc) is 2.93. The molecule has 3 N–H and O–H groups in total. The Morgan fingerprint density at radius 2 is 2.11 bits per heavy atom. The summed E-state index contributed by atoms with van der Waals surface area (Å²) >= 11 is 6.54. The van der Waals surface area contributed by atoms with Crippen molar-refractivity contribution in [3.8, 4) is 0 Å². The lowest BCUT2D eigenvalue weighted by molar-refractivity contribution is 0.573. The minimum absolute atomic E-state index is 0.0555. The Labute approximate surface area is 130 Å². The summed E-state index contributed by atoms with van der Waals surface area (Å²) in [5.74, 6) is 0.468. The molecular formula is C12H16Br2N2O2S. The molecule has 1 fully saturated rings. The van der Waals surface area contributed by atoms with Gasteiger partial charge in [-0.1, -0.05) is 29.3 Å². The molecule has 7 heteroatoms. The second kappa shape index (κ2) is 5.71. The van der Waals surface area contributed by atoms with Crippen molar-refractivity contribution < 1.29 is 8.42 Å². The van der Waals surface area contributed by atoms with E-state index in [4.69, 9.17) is 5.73 Å². The number of halogens is 2. The maximum Gasteiger partial charge on any atom is 0.244 e. The summed E-state index contributed by atoms with van der Waals surface area (Å²) in [4.78, 5) is 0.123. The molecule has 106 valence electrons. The molecule has 0 spiro atoms. The number of anilines is 1. The molecule has 2 unspecified atom stereocenters. The van der Waals surface area contributed by atoms with Crippen LogP contribution in [0.2, 0.25) is 0 Å². The van der Waals surface area contributed by atoms with Crippen LogP contribution in [0.5, 0.6) is 0 Å². The highest BCUT2D eigenvalue weighted by molar-refractivity contribution is 9.11. The number of rotatable bonds is 5. The van der Waals surface area contributed by atoms with E-state index in [0.717, 1.165) is 23.7 Å². The Balaban J connectivity index is 2.21. The summed E-state index contributed by atoms with van der Waals surface area (Å²) in [6.45, 7) is 2.10. The number of nitrogens with two attached hydrogens (primary N) is 1. The third-order valence-electron chi connectivity index (χ3n) is 3.19. The van der Waals surface area contributed by atoms with Gasteiger partial charge in [-0.15, -0.1) is 0 Å². The van der Waals surface area contributed by atoms with Crippen molar-refractivity contribution in [2.75, 3.05) is 5.73 Å². The van der Waals surface area contributed by atoms with Crippen molar-refractivity contribution in [3.05, 3.63) is 21.1 Å². The lowest BCUT2D eigenvalue weighted by atomic mass is 10.2. The SMILES string of the molecule is CCCC1CC1NS(=O)(=O)c1c(N)cc(Br)cc1Br. The van der Waals surface area contributed by atoms with E-state index in [1.54, 1.807) is 12.1 Å². The molecule has 0 heterocycles. The highest BCUT2D eigenvalue weighted by atomic mass is 79.9. The molecule has 1 aromatic rings. The normalized spacial score (nSPS) is 22.5. The summed E-state index contributed by atoms with van der Waals surface area (Å²) in [6, 6.07) is 3.33. The fourth-order valence-corrected chi connectivity index (χ4v) is 5.59. The van der Waals surface area contributed by atoms with Crippen molar-refractivity contribution in [1.82, 2.24) is 4.72 Å². The van der Waals surface area contributed by atoms with E-state index >= 15 is 0 Å². The molecule has 4 nitrogen and oxygen atoms in total. The molecule has 2 rings (SSSR count). The Bertz CT molecular complexity index is 566. The molecule has 0 amide bonds. The number of hydrogen-bond acceptors (Lipinski definition) is 3. The van der Waals surface area contributed by atoms with Crippen LogP contribution in [0.1, 0.15) is 26.2 Å². The van der Waals surface area contributed by atoms with E-state index in [-0.39, 0.29) is 16.6 Å². The van der Waals surface area contributed by atoms with Crippen molar-refractivity contribution in [2.45, 2.75) is 37.1 Å². The summed E-state index contributed by atoms with van der Waals surface area (Å²) in [6.07, 6.45) is 3.05. The topological polar surface area (TPSA) is 72.2 Å². The Hall–Kier alpha value is -0.110. The molecule has 19 heavy (non-hydrogen) atoms. The van der Waals surface area contributed by atoms with E-state index in [9.17, 15) is 8.42 Å². The van der Waals surface area contributed by atoms with Gasteiger partial charge >= 0.3 is 0 Å². The predicted molar refractivity (Wildman–Crippen MR) is 83.4 cm³/mol. The maximum atomic E-state index is 12.3. The number of benzene rings is 1. The lowest BCUT2D eigenvalue weighted by Gasteiger charge is -2.11. The third-order valence-corrected chi connectivity index (χ3v) is 6.15. The monoisotopic (exact) mass is 410 g/mol. The third kappa shape index (κ3) is 3.51. The quantitative estimate of drug-likeness (QED) is 0.730. The van der Waals surface area contributed by atoms with Crippen LogP contribution in [0.4, 0.5) is 5.69 Å². The summed E-state index contributed by atoms with van der Waals surface area (Å²) < 4.78 is 28.6. The van der Waals surface area contributed by atoms with E-state index < -0.39 is 10.0 Å². The zero-order valence-electron chi connectivity index (χ0n) is 10.5. The van der Waals surface area contributed by atoms with Crippen molar-refractivity contribution in [1.29, 1.82) is 0 Å². The smallest absolute Gasteiger partial charge is 0.244 e. The Morgan fingerprint density at radius 3 is 2.68 bits per heavy atom. The standard InChI is InChI=1S/C12H16Br2N2O2S/c1-2-3-7-4-11(7)16-19(17,18)12-9(14)5-8(13)6-10(12)15/h5-7,11,16H,2-4,15H2,1H3. The van der Waals surface area contributed by atoms with Gasteiger partial charge in [0.15, 0.2) is 0 Å². The molecule has 0 aliphatic heterocycles. The predicted octanol–water partition coefficient (Wildman–Crippen LogP) is 3.26. The van der Waals surface area contributed by atoms with Crippen LogP contribution >= 0.6 is 31.9 Å². The van der Waals surface area contributed by atoms with Crippen LogP contribution in [0.3, 0.4) is 0 Å². The first kappa shape index (κ1) is 15.3. The summed E-state index contributed by atoms with van der Waals surface area (Å²) in [5.41, 5.74) is 6.06. The van der Waals surface area contributed by atoms with Gasteiger partial charge in [0.2, 0.25) is 10.0 Å².